The van der Waals surface area contributed by atoms with Crippen LogP contribution in [0.1, 0.15) is 37.8 Å². The molecule has 1 aliphatic rings. The van der Waals surface area contributed by atoms with Crippen molar-refractivity contribution < 1.29 is 9.53 Å². The van der Waals surface area contributed by atoms with Gasteiger partial charge in [0.25, 0.3) is 0 Å². The van der Waals surface area contributed by atoms with E-state index in [1.54, 1.807) is 39.3 Å². The summed E-state index contributed by atoms with van der Waals surface area (Å²) in [5.74, 6) is 1.09. The lowest BCUT2D eigenvalue weighted by atomic mass is 9.98. The fourth-order valence-corrected chi connectivity index (χ4v) is 3.79. The van der Waals surface area contributed by atoms with E-state index in [4.69, 9.17) is 15.9 Å². The van der Waals surface area contributed by atoms with Crippen molar-refractivity contribution in [2.75, 3.05) is 38.0 Å². The molecular formula is C31H42N6O2. The van der Waals surface area contributed by atoms with E-state index in [0.717, 1.165) is 35.9 Å². The maximum absolute atomic E-state index is 10.9. The van der Waals surface area contributed by atoms with E-state index in [2.05, 4.69) is 47.9 Å². The van der Waals surface area contributed by atoms with Gasteiger partial charge in [0.15, 0.2) is 0 Å². The van der Waals surface area contributed by atoms with Crippen LogP contribution in [-0.2, 0) is 4.79 Å². The number of rotatable bonds is 11. The molecule has 208 valence electrons. The van der Waals surface area contributed by atoms with E-state index < -0.39 is 0 Å². The molecule has 2 aromatic rings. The Hall–Kier alpha value is -4.17. The van der Waals surface area contributed by atoms with E-state index >= 15 is 0 Å². The zero-order chi connectivity index (χ0) is 28.9. The lowest BCUT2D eigenvalue weighted by Crippen LogP contribution is -2.24. The van der Waals surface area contributed by atoms with Gasteiger partial charge in [-0.25, -0.2) is 4.99 Å². The number of nitrogens with zero attached hydrogens (tertiary/aromatic N) is 3. The molecule has 8 nitrogen and oxygen atoms in total. The number of allylic oxidation sites excluding steroid dienone is 2. The number of amidine groups is 1. The van der Waals surface area contributed by atoms with Gasteiger partial charge in [-0.3, -0.25) is 15.1 Å². The number of carbonyl (C=O) groups excluding carboxylic acids is 1. The number of nitrogens with two attached hydrogens (primary N) is 1. The molecular weight excluding hydrogens is 488 g/mol. The average Bonchev–Trinajstić information content (AvgIpc) is 3.78. The first kappa shape index (κ1) is 31.1. The Labute approximate surface area is 233 Å². The smallest absolute Gasteiger partial charge is 0.213 e. The van der Waals surface area contributed by atoms with Crippen molar-refractivity contribution in [1.29, 1.82) is 5.41 Å². The molecule has 1 fully saturated rings. The number of ether oxygens (including phenoxy) is 1. The summed E-state index contributed by atoms with van der Waals surface area (Å²) >= 11 is 0. The van der Waals surface area contributed by atoms with Crippen LogP contribution < -0.4 is 20.7 Å². The van der Waals surface area contributed by atoms with Crippen LogP contribution in [0.25, 0.3) is 0 Å². The molecule has 3 rings (SSSR count). The van der Waals surface area contributed by atoms with Crippen LogP contribution in [0.3, 0.4) is 0 Å². The normalized spacial score (nSPS) is 13.8. The number of aliphatic imine (C=N–C) groups is 1. The Bertz CT molecular complexity index is 1220. The molecule has 1 amide bonds. The first-order chi connectivity index (χ1) is 18.7. The van der Waals surface area contributed by atoms with Gasteiger partial charge in [0, 0.05) is 48.5 Å². The molecule has 1 saturated carbocycles. The van der Waals surface area contributed by atoms with Crippen LogP contribution in [0.15, 0.2) is 83.7 Å². The van der Waals surface area contributed by atoms with E-state index in [-0.39, 0.29) is 5.71 Å². The van der Waals surface area contributed by atoms with Crippen molar-refractivity contribution in [3.05, 3.63) is 89.8 Å². The highest BCUT2D eigenvalue weighted by molar-refractivity contribution is 6.32. The minimum Gasteiger partial charge on any atom is -0.496 e. The molecule has 0 unspecified atom stereocenters. The zero-order valence-corrected chi connectivity index (χ0v) is 24.0. The van der Waals surface area contributed by atoms with E-state index in [1.165, 1.54) is 23.9 Å². The predicted octanol–water partition coefficient (Wildman–Crippen LogP) is 5.51. The van der Waals surface area contributed by atoms with Crippen molar-refractivity contribution in [1.82, 2.24) is 4.90 Å². The van der Waals surface area contributed by atoms with Gasteiger partial charge in [-0.05, 0) is 76.6 Å². The first-order valence-electron chi connectivity index (χ1n) is 12.9. The third kappa shape index (κ3) is 9.26. The summed E-state index contributed by atoms with van der Waals surface area (Å²) in [6.07, 6.45) is 9.27. The Morgan fingerprint density at radius 3 is 2.41 bits per heavy atom. The number of hydrogen-bond acceptors (Lipinski definition) is 6. The zero-order valence-electron chi connectivity index (χ0n) is 24.0. The number of carbonyl (C=O) groups is 1. The molecule has 39 heavy (non-hydrogen) atoms. The summed E-state index contributed by atoms with van der Waals surface area (Å²) in [7, 11) is 5.46. The number of anilines is 2. The molecule has 2 aromatic carbocycles. The molecule has 0 spiro atoms. The Morgan fingerprint density at radius 2 is 1.90 bits per heavy atom. The summed E-state index contributed by atoms with van der Waals surface area (Å²) in [4.78, 5) is 19.1. The third-order valence-corrected chi connectivity index (χ3v) is 6.29. The number of methoxy groups -OCH3 is 1. The molecule has 4 N–H and O–H groups in total. The van der Waals surface area contributed by atoms with Gasteiger partial charge in [0.05, 0.1) is 18.4 Å². The van der Waals surface area contributed by atoms with Gasteiger partial charge in [0.2, 0.25) is 6.41 Å². The molecule has 0 heterocycles. The van der Waals surface area contributed by atoms with Crippen molar-refractivity contribution in [2.45, 2.75) is 39.7 Å². The monoisotopic (exact) mass is 530 g/mol. The Morgan fingerprint density at radius 1 is 1.23 bits per heavy atom. The van der Waals surface area contributed by atoms with Gasteiger partial charge >= 0.3 is 0 Å². The van der Waals surface area contributed by atoms with Crippen LogP contribution in [0.4, 0.5) is 11.4 Å². The van der Waals surface area contributed by atoms with Crippen LogP contribution >= 0.6 is 0 Å². The standard InChI is InChI=1S/C23H27N5O2.C8H15N/c1-6-26-23(27-18-9-11-19(12-10-18)28(4)14-29)21(16(3)24)22(25)17-8-7-15(2)20(13-17)30-5;1-3-4-7-9(2)8-5-6-8/h6-14,25H,1,24H2,2-5H3,(H,26,27);3-4,8H,5-7H2,1-2H3/b21-16+,25-22?;4-3+. The second-order valence-electron chi connectivity index (χ2n) is 9.41. The van der Waals surface area contributed by atoms with E-state index in [9.17, 15) is 4.79 Å². The van der Waals surface area contributed by atoms with Gasteiger partial charge in [-0.15, -0.1) is 0 Å². The average molecular weight is 531 g/mol. The highest BCUT2D eigenvalue weighted by atomic mass is 16.5. The molecule has 0 bridgehead atoms. The van der Waals surface area contributed by atoms with Gasteiger partial charge in [-0.1, -0.05) is 30.9 Å². The Balaban J connectivity index is 0.000000499. The van der Waals surface area contributed by atoms with Crippen LogP contribution in [0.5, 0.6) is 5.75 Å². The number of aryl methyl sites for hydroxylation is 1. The molecule has 8 heteroatoms. The molecule has 0 aromatic heterocycles. The van der Waals surface area contributed by atoms with Gasteiger partial charge < -0.3 is 20.7 Å². The molecule has 1 aliphatic carbocycles. The fraction of sp³-hybridized carbons (Fsp3) is 0.323. The predicted molar refractivity (Wildman–Crippen MR) is 164 cm³/mol. The Kier molecular flexibility index (Phi) is 12.2. The topological polar surface area (TPSA) is 107 Å². The van der Waals surface area contributed by atoms with Crippen molar-refractivity contribution in [3.63, 3.8) is 0 Å². The fourth-order valence-electron chi connectivity index (χ4n) is 3.79. The first-order valence-corrected chi connectivity index (χ1v) is 12.9. The van der Waals surface area contributed by atoms with Crippen molar-refractivity contribution in [3.8, 4) is 5.75 Å². The lowest BCUT2D eigenvalue weighted by Gasteiger charge is -2.18. The van der Waals surface area contributed by atoms with Crippen molar-refractivity contribution in [2.24, 2.45) is 10.7 Å². The molecule has 0 radical (unpaired) electrons. The van der Waals surface area contributed by atoms with Crippen molar-refractivity contribution >= 4 is 29.3 Å². The maximum Gasteiger partial charge on any atom is 0.213 e. The lowest BCUT2D eigenvalue weighted by molar-refractivity contribution is -0.107. The number of nitrogens with one attached hydrogen (secondary N) is 2. The minimum atomic E-state index is 0.207. The maximum atomic E-state index is 10.9. The summed E-state index contributed by atoms with van der Waals surface area (Å²) in [5.41, 5.74) is 10.4. The van der Waals surface area contributed by atoms with Crippen LogP contribution in [-0.4, -0.2) is 56.6 Å². The second-order valence-corrected chi connectivity index (χ2v) is 9.41. The highest BCUT2D eigenvalue weighted by Crippen LogP contribution is 2.25. The number of benzene rings is 2. The van der Waals surface area contributed by atoms with E-state index in [1.807, 2.05) is 31.2 Å². The number of likely N-dealkylation sites (N-methyl/N-ethyl adjacent to an activating group) is 1. The van der Waals surface area contributed by atoms with E-state index in [0.29, 0.717) is 28.4 Å². The van der Waals surface area contributed by atoms with Crippen LogP contribution in [0.2, 0.25) is 0 Å². The summed E-state index contributed by atoms with van der Waals surface area (Å²) in [6, 6.07) is 13.7. The minimum absolute atomic E-state index is 0.207. The number of hydrogen-bond donors (Lipinski definition) is 3. The molecule has 0 atom stereocenters. The quantitative estimate of drug-likeness (QED) is 0.154. The van der Waals surface area contributed by atoms with Crippen LogP contribution in [0, 0.1) is 12.3 Å². The SMILES string of the molecule is C/C=C/CN(C)C1CC1.C=CN=C(Nc1ccc(N(C)C=O)cc1)/C(C(=N)c1ccc(C)c(OC)c1)=C(\C)N. The summed E-state index contributed by atoms with van der Waals surface area (Å²) in [5, 5.41) is 12.0. The molecule has 0 aliphatic heterocycles. The highest BCUT2D eigenvalue weighted by Gasteiger charge is 2.24. The number of amides is 1. The van der Waals surface area contributed by atoms with Gasteiger partial charge in [-0.2, -0.15) is 0 Å². The third-order valence-electron chi connectivity index (χ3n) is 6.29. The largest absolute Gasteiger partial charge is 0.496 e. The second kappa shape index (κ2) is 15.3. The van der Waals surface area contributed by atoms with Gasteiger partial charge in [0.1, 0.15) is 11.6 Å². The molecule has 0 saturated heterocycles. The summed E-state index contributed by atoms with van der Waals surface area (Å²) in [6.45, 7) is 10.5. The summed E-state index contributed by atoms with van der Waals surface area (Å²) < 4.78 is 5.38.